The van der Waals surface area contributed by atoms with Crippen molar-refractivity contribution in [2.45, 2.75) is 20.4 Å². The highest BCUT2D eigenvalue weighted by Gasteiger charge is 2.15. The lowest BCUT2D eigenvalue weighted by Gasteiger charge is -2.05. The number of thiazole rings is 1. The standard InChI is InChI=1S/C19H17N3O5S/c1-3-27-17(23)11-21-15-9-8-14(22(25)26)10-16(15)28-19(21)20-18(24)13-6-4-12(2)5-7-13/h4-10H,3,11H2,1-2H3. The Bertz CT molecular complexity index is 1130. The Labute approximate surface area is 163 Å². The van der Waals surface area contributed by atoms with Crippen LogP contribution >= 0.6 is 11.3 Å². The molecule has 9 heteroatoms. The minimum Gasteiger partial charge on any atom is -0.465 e. The Kier molecular flexibility index (Phi) is 5.65. The molecule has 0 bridgehead atoms. The molecule has 144 valence electrons. The third kappa shape index (κ3) is 4.15. The quantitative estimate of drug-likeness (QED) is 0.372. The van der Waals surface area contributed by atoms with Crippen LogP contribution in [0.25, 0.3) is 10.2 Å². The number of carbonyl (C=O) groups excluding carboxylic acids is 2. The van der Waals surface area contributed by atoms with Gasteiger partial charge in [-0.25, -0.2) is 0 Å². The van der Waals surface area contributed by atoms with Crippen LogP contribution in [0, 0.1) is 17.0 Å². The minimum atomic E-state index is -0.497. The molecular weight excluding hydrogens is 382 g/mol. The summed E-state index contributed by atoms with van der Waals surface area (Å²) in [6.07, 6.45) is 0. The Morgan fingerprint density at radius 3 is 2.57 bits per heavy atom. The highest BCUT2D eigenvalue weighted by Crippen LogP contribution is 2.23. The Hall–Kier alpha value is -3.33. The molecule has 0 aliphatic rings. The van der Waals surface area contributed by atoms with E-state index in [4.69, 9.17) is 4.74 Å². The predicted molar refractivity (Wildman–Crippen MR) is 104 cm³/mol. The highest BCUT2D eigenvalue weighted by molar-refractivity contribution is 7.16. The van der Waals surface area contributed by atoms with Gasteiger partial charge in [-0.05, 0) is 32.0 Å². The van der Waals surface area contributed by atoms with Gasteiger partial charge < -0.3 is 9.30 Å². The molecule has 0 saturated carbocycles. The maximum atomic E-state index is 12.5. The van der Waals surface area contributed by atoms with E-state index in [1.807, 2.05) is 19.1 Å². The number of fused-ring (bicyclic) bond motifs is 1. The number of aryl methyl sites for hydroxylation is 1. The molecule has 3 aromatic rings. The number of ether oxygens (including phenoxy) is 1. The zero-order valence-corrected chi connectivity index (χ0v) is 16.1. The number of hydrogen-bond donors (Lipinski definition) is 0. The largest absolute Gasteiger partial charge is 0.465 e. The van der Waals surface area contributed by atoms with E-state index in [1.54, 1.807) is 25.1 Å². The van der Waals surface area contributed by atoms with Crippen LogP contribution in [-0.4, -0.2) is 28.0 Å². The van der Waals surface area contributed by atoms with Gasteiger partial charge in [-0.3, -0.25) is 19.7 Å². The molecule has 1 heterocycles. The number of amides is 1. The van der Waals surface area contributed by atoms with E-state index in [1.165, 1.54) is 16.7 Å². The molecule has 0 saturated heterocycles. The van der Waals surface area contributed by atoms with Gasteiger partial charge in [0.25, 0.3) is 11.6 Å². The molecule has 0 radical (unpaired) electrons. The smallest absolute Gasteiger partial charge is 0.326 e. The zero-order valence-electron chi connectivity index (χ0n) is 15.2. The number of hydrogen-bond acceptors (Lipinski definition) is 6. The summed E-state index contributed by atoms with van der Waals surface area (Å²) in [4.78, 5) is 39.5. The fourth-order valence-corrected chi connectivity index (χ4v) is 3.66. The second-order valence-electron chi connectivity index (χ2n) is 5.97. The van der Waals surface area contributed by atoms with Crippen molar-refractivity contribution in [2.24, 2.45) is 4.99 Å². The van der Waals surface area contributed by atoms with Crippen molar-refractivity contribution in [2.75, 3.05) is 6.61 Å². The van der Waals surface area contributed by atoms with Crippen molar-refractivity contribution < 1.29 is 19.2 Å². The van der Waals surface area contributed by atoms with Crippen molar-refractivity contribution in [1.29, 1.82) is 0 Å². The fourth-order valence-electron chi connectivity index (χ4n) is 2.60. The number of carbonyl (C=O) groups is 2. The summed E-state index contributed by atoms with van der Waals surface area (Å²) in [5.41, 5.74) is 1.92. The molecule has 28 heavy (non-hydrogen) atoms. The molecular formula is C19H17N3O5S. The normalized spacial score (nSPS) is 11.6. The SMILES string of the molecule is CCOC(=O)Cn1c(=NC(=O)c2ccc(C)cc2)sc2cc([N+](=O)[O-])ccc21. The van der Waals surface area contributed by atoms with Crippen LogP contribution in [-0.2, 0) is 16.1 Å². The molecule has 0 spiro atoms. The zero-order chi connectivity index (χ0) is 20.3. The second kappa shape index (κ2) is 8.13. The Balaban J connectivity index is 2.12. The number of esters is 1. The van der Waals surface area contributed by atoms with Crippen LogP contribution in [0.15, 0.2) is 47.5 Å². The topological polar surface area (TPSA) is 104 Å². The number of rotatable bonds is 5. The van der Waals surface area contributed by atoms with Crippen molar-refractivity contribution in [3.05, 3.63) is 68.5 Å². The Morgan fingerprint density at radius 2 is 1.93 bits per heavy atom. The fraction of sp³-hybridized carbons (Fsp3) is 0.211. The van der Waals surface area contributed by atoms with E-state index in [-0.39, 0.29) is 23.6 Å². The summed E-state index contributed by atoms with van der Waals surface area (Å²) in [5, 5.41) is 11.0. The number of non-ortho nitro benzene ring substituents is 1. The van der Waals surface area contributed by atoms with Gasteiger partial charge in [0.2, 0.25) is 0 Å². The first-order valence-electron chi connectivity index (χ1n) is 8.48. The van der Waals surface area contributed by atoms with Crippen LogP contribution in [0.2, 0.25) is 0 Å². The van der Waals surface area contributed by atoms with Gasteiger partial charge in [-0.1, -0.05) is 29.0 Å². The molecule has 1 aromatic heterocycles. The van der Waals surface area contributed by atoms with E-state index in [0.29, 0.717) is 15.8 Å². The third-order valence-electron chi connectivity index (χ3n) is 3.97. The van der Waals surface area contributed by atoms with E-state index >= 15 is 0 Å². The maximum Gasteiger partial charge on any atom is 0.326 e. The summed E-state index contributed by atoms with van der Waals surface area (Å²) in [6.45, 7) is 3.69. The third-order valence-corrected chi connectivity index (χ3v) is 5.01. The van der Waals surface area contributed by atoms with Gasteiger partial charge in [0.15, 0.2) is 4.80 Å². The molecule has 1 amide bonds. The average Bonchev–Trinajstić information content (AvgIpc) is 2.98. The lowest BCUT2D eigenvalue weighted by molar-refractivity contribution is -0.384. The summed E-state index contributed by atoms with van der Waals surface area (Å²) < 4.78 is 7.08. The Morgan fingerprint density at radius 1 is 1.21 bits per heavy atom. The molecule has 0 atom stereocenters. The van der Waals surface area contributed by atoms with Crippen LogP contribution < -0.4 is 4.80 Å². The summed E-state index contributed by atoms with van der Waals surface area (Å²) in [7, 11) is 0. The second-order valence-corrected chi connectivity index (χ2v) is 6.98. The molecule has 3 rings (SSSR count). The number of nitrogens with zero attached hydrogens (tertiary/aromatic N) is 3. The predicted octanol–water partition coefficient (Wildman–Crippen LogP) is 3.22. The number of aromatic nitrogens is 1. The van der Waals surface area contributed by atoms with E-state index < -0.39 is 16.8 Å². The number of benzene rings is 2. The summed E-state index contributed by atoms with van der Waals surface area (Å²) >= 11 is 1.10. The first-order chi connectivity index (χ1) is 13.4. The highest BCUT2D eigenvalue weighted by atomic mass is 32.1. The molecule has 0 N–H and O–H groups in total. The first-order valence-corrected chi connectivity index (χ1v) is 9.30. The monoisotopic (exact) mass is 399 g/mol. The van der Waals surface area contributed by atoms with E-state index in [9.17, 15) is 19.7 Å². The molecule has 0 aliphatic carbocycles. The molecule has 0 aliphatic heterocycles. The molecule has 0 unspecified atom stereocenters. The molecule has 2 aromatic carbocycles. The van der Waals surface area contributed by atoms with Crippen LogP contribution in [0.4, 0.5) is 5.69 Å². The van der Waals surface area contributed by atoms with Gasteiger partial charge in [0.1, 0.15) is 6.54 Å². The molecule has 0 fully saturated rings. The van der Waals surface area contributed by atoms with Gasteiger partial charge >= 0.3 is 5.97 Å². The van der Waals surface area contributed by atoms with Crippen LogP contribution in [0.1, 0.15) is 22.8 Å². The first kappa shape index (κ1) is 19.4. The minimum absolute atomic E-state index is 0.0755. The lowest BCUT2D eigenvalue weighted by atomic mass is 10.1. The van der Waals surface area contributed by atoms with Gasteiger partial charge in [0.05, 0.1) is 21.7 Å². The number of nitro benzene ring substituents is 1. The molecule has 8 nitrogen and oxygen atoms in total. The van der Waals surface area contributed by atoms with Gasteiger partial charge in [-0.15, -0.1) is 0 Å². The average molecular weight is 399 g/mol. The van der Waals surface area contributed by atoms with Crippen molar-refractivity contribution in [1.82, 2.24) is 4.57 Å². The summed E-state index contributed by atoms with van der Waals surface area (Å²) in [6, 6.07) is 11.3. The van der Waals surface area contributed by atoms with Crippen molar-refractivity contribution in [3.63, 3.8) is 0 Å². The van der Waals surface area contributed by atoms with Gasteiger partial charge in [0, 0.05) is 17.7 Å². The lowest BCUT2D eigenvalue weighted by Crippen LogP contribution is -2.23. The van der Waals surface area contributed by atoms with E-state index in [2.05, 4.69) is 4.99 Å². The maximum absolute atomic E-state index is 12.5. The number of nitro groups is 1. The van der Waals surface area contributed by atoms with Crippen molar-refractivity contribution in [3.8, 4) is 0 Å². The van der Waals surface area contributed by atoms with Crippen LogP contribution in [0.3, 0.4) is 0 Å². The van der Waals surface area contributed by atoms with E-state index in [0.717, 1.165) is 16.9 Å². The van der Waals surface area contributed by atoms with Crippen molar-refractivity contribution >= 4 is 39.1 Å². The van der Waals surface area contributed by atoms with Crippen LogP contribution in [0.5, 0.6) is 0 Å². The summed E-state index contributed by atoms with van der Waals surface area (Å²) in [5.74, 6) is -0.941. The van der Waals surface area contributed by atoms with Gasteiger partial charge in [-0.2, -0.15) is 4.99 Å².